The Balaban J connectivity index is 2.40. The molecule has 0 saturated carbocycles. The van der Waals surface area contributed by atoms with Crippen LogP contribution in [0.2, 0.25) is 15.2 Å². The van der Waals surface area contributed by atoms with Gasteiger partial charge in [-0.1, -0.05) is 40.9 Å². The van der Waals surface area contributed by atoms with Crippen LogP contribution in [-0.4, -0.2) is 17.1 Å². The SMILES string of the molecule is COc1c(Cl)ncnc1Nc1cccc(Cl)c1Cl. The standard InChI is InChI=1S/C11H8Cl3N3O/c1-18-9-10(14)15-5-16-11(9)17-7-4-2-3-6(12)8(7)13/h2-5H,1H3,(H,15,16,17). The summed E-state index contributed by atoms with van der Waals surface area (Å²) >= 11 is 17.9. The van der Waals surface area contributed by atoms with E-state index in [0.29, 0.717) is 27.3 Å². The first kappa shape index (κ1) is 13.2. The van der Waals surface area contributed by atoms with Crippen molar-refractivity contribution in [3.63, 3.8) is 0 Å². The molecule has 1 N–H and O–H groups in total. The lowest BCUT2D eigenvalue weighted by Gasteiger charge is -2.12. The Bertz CT molecular complexity index is 577. The Hall–Kier alpha value is -1.23. The summed E-state index contributed by atoms with van der Waals surface area (Å²) in [7, 11) is 1.48. The highest BCUT2D eigenvalue weighted by Gasteiger charge is 2.12. The van der Waals surface area contributed by atoms with Crippen molar-refractivity contribution < 1.29 is 4.74 Å². The van der Waals surface area contributed by atoms with Gasteiger partial charge in [0, 0.05) is 0 Å². The Labute approximate surface area is 119 Å². The summed E-state index contributed by atoms with van der Waals surface area (Å²) in [5, 5.41) is 4.06. The molecule has 7 heteroatoms. The number of rotatable bonds is 3. The minimum atomic E-state index is 0.216. The van der Waals surface area contributed by atoms with Gasteiger partial charge in [-0.3, -0.25) is 0 Å². The van der Waals surface area contributed by atoms with Crippen molar-refractivity contribution in [2.75, 3.05) is 12.4 Å². The minimum absolute atomic E-state index is 0.216. The zero-order chi connectivity index (χ0) is 13.1. The van der Waals surface area contributed by atoms with Crippen molar-refractivity contribution >= 4 is 46.3 Å². The van der Waals surface area contributed by atoms with E-state index in [1.54, 1.807) is 18.2 Å². The normalized spacial score (nSPS) is 10.2. The first-order chi connectivity index (χ1) is 8.63. The molecule has 18 heavy (non-hydrogen) atoms. The van der Waals surface area contributed by atoms with Crippen LogP contribution >= 0.6 is 34.8 Å². The molecule has 0 spiro atoms. The first-order valence-corrected chi connectivity index (χ1v) is 6.02. The molecule has 0 aliphatic carbocycles. The van der Waals surface area contributed by atoms with E-state index < -0.39 is 0 Å². The smallest absolute Gasteiger partial charge is 0.199 e. The number of methoxy groups -OCH3 is 1. The van der Waals surface area contributed by atoms with Crippen molar-refractivity contribution in [2.45, 2.75) is 0 Å². The molecule has 0 aliphatic heterocycles. The van der Waals surface area contributed by atoms with Crippen LogP contribution < -0.4 is 10.1 Å². The second-order valence-corrected chi connectivity index (χ2v) is 4.42. The molecule has 0 saturated heterocycles. The Morgan fingerprint density at radius 2 is 1.94 bits per heavy atom. The molecular formula is C11H8Cl3N3O. The summed E-state index contributed by atoms with van der Waals surface area (Å²) in [6, 6.07) is 5.23. The number of aromatic nitrogens is 2. The van der Waals surface area contributed by atoms with Crippen LogP contribution in [0.3, 0.4) is 0 Å². The van der Waals surface area contributed by atoms with Crippen LogP contribution in [0, 0.1) is 0 Å². The monoisotopic (exact) mass is 303 g/mol. The van der Waals surface area contributed by atoms with E-state index in [1.807, 2.05) is 0 Å². The van der Waals surface area contributed by atoms with E-state index in [2.05, 4.69) is 15.3 Å². The van der Waals surface area contributed by atoms with Crippen LogP contribution in [0.5, 0.6) is 5.75 Å². The number of benzene rings is 1. The summed E-state index contributed by atoms with van der Waals surface area (Å²) in [4.78, 5) is 7.87. The maximum absolute atomic E-state index is 6.07. The van der Waals surface area contributed by atoms with Gasteiger partial charge in [0.2, 0.25) is 0 Å². The lowest BCUT2D eigenvalue weighted by atomic mass is 10.3. The molecule has 0 radical (unpaired) electrons. The molecule has 94 valence electrons. The Morgan fingerprint density at radius 1 is 1.17 bits per heavy atom. The van der Waals surface area contributed by atoms with Crippen LogP contribution in [-0.2, 0) is 0 Å². The second kappa shape index (κ2) is 5.61. The van der Waals surface area contributed by atoms with Crippen LogP contribution in [0.25, 0.3) is 0 Å². The second-order valence-electron chi connectivity index (χ2n) is 3.27. The van der Waals surface area contributed by atoms with Gasteiger partial charge < -0.3 is 10.1 Å². The Morgan fingerprint density at radius 3 is 2.67 bits per heavy atom. The zero-order valence-corrected chi connectivity index (χ0v) is 11.5. The predicted octanol–water partition coefficient (Wildman–Crippen LogP) is 4.19. The summed E-state index contributed by atoms with van der Waals surface area (Å²) in [6.45, 7) is 0. The molecule has 2 rings (SSSR count). The fourth-order valence-corrected chi connectivity index (χ4v) is 1.91. The summed E-state index contributed by atoms with van der Waals surface area (Å²) < 4.78 is 5.12. The van der Waals surface area contributed by atoms with Crippen LogP contribution in [0.1, 0.15) is 0 Å². The first-order valence-electron chi connectivity index (χ1n) is 4.89. The number of hydrogen-bond acceptors (Lipinski definition) is 4. The molecule has 1 aromatic heterocycles. The number of halogens is 3. The molecular weight excluding hydrogens is 296 g/mol. The number of anilines is 2. The van der Waals surface area contributed by atoms with Gasteiger partial charge >= 0.3 is 0 Å². The van der Waals surface area contributed by atoms with Gasteiger partial charge in [-0.15, -0.1) is 0 Å². The average molecular weight is 305 g/mol. The quantitative estimate of drug-likeness (QED) is 0.864. The minimum Gasteiger partial charge on any atom is -0.490 e. The summed E-state index contributed by atoms with van der Waals surface area (Å²) in [6.07, 6.45) is 1.33. The van der Waals surface area contributed by atoms with Gasteiger partial charge in [0.1, 0.15) is 6.33 Å². The molecule has 1 heterocycles. The van der Waals surface area contributed by atoms with Crippen LogP contribution in [0.4, 0.5) is 11.5 Å². The third kappa shape index (κ3) is 2.61. The van der Waals surface area contributed by atoms with Gasteiger partial charge in [0.05, 0.1) is 22.8 Å². The molecule has 0 bridgehead atoms. The zero-order valence-electron chi connectivity index (χ0n) is 9.25. The van der Waals surface area contributed by atoms with Crippen molar-refractivity contribution in [1.29, 1.82) is 0 Å². The third-order valence-corrected chi connectivity index (χ3v) is 3.26. The molecule has 0 fully saturated rings. The highest BCUT2D eigenvalue weighted by Crippen LogP contribution is 2.35. The van der Waals surface area contributed by atoms with Gasteiger partial charge in [0.15, 0.2) is 16.7 Å². The molecule has 4 nitrogen and oxygen atoms in total. The maximum Gasteiger partial charge on any atom is 0.199 e. The topological polar surface area (TPSA) is 47.0 Å². The maximum atomic E-state index is 6.07. The number of ether oxygens (including phenoxy) is 1. The van der Waals surface area contributed by atoms with Crippen molar-refractivity contribution in [3.05, 3.63) is 39.7 Å². The van der Waals surface area contributed by atoms with Gasteiger partial charge in [-0.05, 0) is 12.1 Å². The average Bonchev–Trinajstić information content (AvgIpc) is 2.35. The molecule has 0 aliphatic rings. The third-order valence-electron chi connectivity index (χ3n) is 2.17. The van der Waals surface area contributed by atoms with E-state index in [4.69, 9.17) is 39.5 Å². The van der Waals surface area contributed by atoms with E-state index in [1.165, 1.54) is 13.4 Å². The van der Waals surface area contributed by atoms with Crippen LogP contribution in [0.15, 0.2) is 24.5 Å². The summed E-state index contributed by atoms with van der Waals surface area (Å²) in [5.41, 5.74) is 0.609. The Kier molecular flexibility index (Phi) is 4.11. The fourth-order valence-electron chi connectivity index (χ4n) is 1.35. The highest BCUT2D eigenvalue weighted by molar-refractivity contribution is 6.43. The predicted molar refractivity (Wildman–Crippen MR) is 73.3 cm³/mol. The van der Waals surface area contributed by atoms with Gasteiger partial charge in [0.25, 0.3) is 0 Å². The molecule has 2 aromatic rings. The molecule has 1 aromatic carbocycles. The summed E-state index contributed by atoms with van der Waals surface area (Å²) in [5.74, 6) is 0.761. The van der Waals surface area contributed by atoms with Gasteiger partial charge in [-0.25, -0.2) is 9.97 Å². The number of nitrogens with zero attached hydrogens (tertiary/aromatic N) is 2. The van der Waals surface area contributed by atoms with Gasteiger partial charge in [-0.2, -0.15) is 0 Å². The van der Waals surface area contributed by atoms with E-state index in [9.17, 15) is 0 Å². The lowest BCUT2D eigenvalue weighted by molar-refractivity contribution is 0.413. The molecule has 0 atom stereocenters. The van der Waals surface area contributed by atoms with Crippen molar-refractivity contribution in [2.24, 2.45) is 0 Å². The van der Waals surface area contributed by atoms with E-state index in [-0.39, 0.29) is 5.15 Å². The lowest BCUT2D eigenvalue weighted by Crippen LogP contribution is -1.99. The number of hydrogen-bond donors (Lipinski definition) is 1. The molecule has 0 unspecified atom stereocenters. The highest BCUT2D eigenvalue weighted by atomic mass is 35.5. The largest absolute Gasteiger partial charge is 0.490 e. The van der Waals surface area contributed by atoms with Crippen molar-refractivity contribution in [3.8, 4) is 5.75 Å². The fraction of sp³-hybridized carbons (Fsp3) is 0.0909. The van der Waals surface area contributed by atoms with Crippen molar-refractivity contribution in [1.82, 2.24) is 9.97 Å². The van der Waals surface area contributed by atoms with E-state index >= 15 is 0 Å². The molecule has 0 amide bonds. The number of nitrogens with one attached hydrogen (secondary N) is 1. The van der Waals surface area contributed by atoms with E-state index in [0.717, 1.165) is 0 Å².